The fraction of sp³-hybridized carbons (Fsp3) is 0.0769. The summed E-state index contributed by atoms with van der Waals surface area (Å²) in [7, 11) is -2.67. The summed E-state index contributed by atoms with van der Waals surface area (Å²) in [4.78, 5) is -0.389. The van der Waals surface area contributed by atoms with E-state index in [9.17, 15) is 17.9 Å². The van der Waals surface area contributed by atoms with Gasteiger partial charge >= 0.3 is 0 Å². The molecule has 20 heavy (non-hydrogen) atoms. The summed E-state index contributed by atoms with van der Waals surface area (Å²) in [5, 5.41) is 9.60. The molecular weight excluding hydrogens is 285 g/mol. The van der Waals surface area contributed by atoms with Crippen LogP contribution in [-0.4, -0.2) is 20.6 Å². The topological polar surface area (TPSA) is 89.6 Å². The monoisotopic (exact) mass is 297 g/mol. The lowest BCUT2D eigenvalue weighted by Gasteiger charge is -2.10. The molecule has 2 aromatic rings. The Balaban J connectivity index is 2.64. The lowest BCUT2D eigenvalue weighted by molar-refractivity contribution is 0.373. The summed E-state index contributed by atoms with van der Waals surface area (Å²) >= 11 is 0. The van der Waals surface area contributed by atoms with Crippen LogP contribution >= 0.6 is 0 Å². The maximum absolute atomic E-state index is 13.1. The highest BCUT2D eigenvalue weighted by atomic mass is 32.2. The third-order valence-electron chi connectivity index (χ3n) is 2.71. The molecule has 0 amide bonds. The van der Waals surface area contributed by atoms with Crippen LogP contribution in [0.2, 0.25) is 0 Å². The lowest BCUT2D eigenvalue weighted by atomic mass is 10.3. The van der Waals surface area contributed by atoms with Crippen LogP contribution in [0, 0.1) is 5.82 Å². The maximum atomic E-state index is 13.1. The van der Waals surface area contributed by atoms with Gasteiger partial charge in [0.15, 0.2) is 11.5 Å². The Morgan fingerprint density at radius 1 is 1.20 bits per heavy atom. The van der Waals surface area contributed by atoms with E-state index in [1.165, 1.54) is 19.2 Å². The van der Waals surface area contributed by atoms with Gasteiger partial charge in [-0.2, -0.15) is 0 Å². The zero-order valence-corrected chi connectivity index (χ0v) is 11.3. The molecule has 5 nitrogen and oxygen atoms in total. The number of nitrogens with two attached hydrogens (primary N) is 1. The third-order valence-corrected chi connectivity index (χ3v) is 4.45. The van der Waals surface area contributed by atoms with Crippen LogP contribution in [0.25, 0.3) is 0 Å². The Hall–Kier alpha value is -2.28. The Kier molecular flexibility index (Phi) is 3.54. The van der Waals surface area contributed by atoms with Crippen LogP contribution in [0.3, 0.4) is 0 Å². The Morgan fingerprint density at radius 2 is 1.90 bits per heavy atom. The molecule has 0 saturated carbocycles. The van der Waals surface area contributed by atoms with Gasteiger partial charge in [0.2, 0.25) is 9.84 Å². The largest absolute Gasteiger partial charge is 0.503 e. The van der Waals surface area contributed by atoms with Crippen LogP contribution in [0.5, 0.6) is 11.5 Å². The number of phenols is 1. The molecule has 0 bridgehead atoms. The molecule has 0 aliphatic carbocycles. The highest BCUT2D eigenvalue weighted by Crippen LogP contribution is 2.36. The van der Waals surface area contributed by atoms with Crippen molar-refractivity contribution in [3.8, 4) is 11.5 Å². The van der Waals surface area contributed by atoms with E-state index in [2.05, 4.69) is 0 Å². The van der Waals surface area contributed by atoms with Crippen molar-refractivity contribution in [1.29, 1.82) is 0 Å². The summed E-state index contributed by atoms with van der Waals surface area (Å²) in [5.74, 6) is -1.07. The molecule has 0 radical (unpaired) electrons. The fourth-order valence-corrected chi connectivity index (χ4v) is 3.03. The molecule has 0 aliphatic heterocycles. The van der Waals surface area contributed by atoms with Gasteiger partial charge in [-0.25, -0.2) is 12.8 Å². The number of halogens is 1. The average molecular weight is 297 g/mol. The van der Waals surface area contributed by atoms with Gasteiger partial charge in [-0.3, -0.25) is 0 Å². The molecular formula is C13H12FNO4S. The minimum atomic E-state index is -3.94. The number of aromatic hydroxyl groups is 1. The molecule has 2 rings (SSSR count). The van der Waals surface area contributed by atoms with Gasteiger partial charge in [0.1, 0.15) is 5.82 Å². The van der Waals surface area contributed by atoms with Crippen molar-refractivity contribution in [2.75, 3.05) is 12.8 Å². The van der Waals surface area contributed by atoms with E-state index < -0.39 is 15.7 Å². The van der Waals surface area contributed by atoms with Crippen LogP contribution in [0.1, 0.15) is 0 Å². The van der Waals surface area contributed by atoms with Crippen LogP contribution in [-0.2, 0) is 9.84 Å². The summed E-state index contributed by atoms with van der Waals surface area (Å²) in [6.07, 6.45) is 0. The van der Waals surface area contributed by atoms with E-state index in [-0.39, 0.29) is 27.0 Å². The SMILES string of the molecule is COc1cc(S(=O)(=O)c2cccc(F)c2)cc(N)c1O. The van der Waals surface area contributed by atoms with Gasteiger partial charge in [-0.15, -0.1) is 0 Å². The second-order valence-electron chi connectivity index (χ2n) is 4.02. The minimum absolute atomic E-state index is 0.0695. The first-order chi connectivity index (χ1) is 9.36. The highest BCUT2D eigenvalue weighted by Gasteiger charge is 2.21. The van der Waals surface area contributed by atoms with Crippen molar-refractivity contribution in [1.82, 2.24) is 0 Å². The van der Waals surface area contributed by atoms with Gasteiger partial charge in [0, 0.05) is 6.07 Å². The van der Waals surface area contributed by atoms with Crippen molar-refractivity contribution < 1.29 is 22.7 Å². The average Bonchev–Trinajstić information content (AvgIpc) is 2.41. The summed E-state index contributed by atoms with van der Waals surface area (Å²) in [6.45, 7) is 0. The molecule has 0 spiro atoms. The Bertz CT molecular complexity index is 759. The zero-order chi connectivity index (χ0) is 14.9. The van der Waals surface area contributed by atoms with Crippen molar-refractivity contribution >= 4 is 15.5 Å². The van der Waals surface area contributed by atoms with Gasteiger partial charge in [-0.1, -0.05) is 6.07 Å². The fourth-order valence-electron chi connectivity index (χ4n) is 1.68. The smallest absolute Gasteiger partial charge is 0.206 e. The van der Waals surface area contributed by atoms with E-state index >= 15 is 0 Å². The molecule has 0 aliphatic rings. The molecule has 2 aromatic carbocycles. The van der Waals surface area contributed by atoms with Crippen LogP contribution < -0.4 is 10.5 Å². The number of nitrogen functional groups attached to an aromatic ring is 1. The van der Waals surface area contributed by atoms with Crippen LogP contribution in [0.4, 0.5) is 10.1 Å². The van der Waals surface area contributed by atoms with Gasteiger partial charge < -0.3 is 15.6 Å². The van der Waals surface area contributed by atoms with Gasteiger partial charge in [0.05, 0.1) is 22.6 Å². The summed E-state index contributed by atoms with van der Waals surface area (Å²) in [6, 6.07) is 6.84. The number of rotatable bonds is 3. The maximum Gasteiger partial charge on any atom is 0.206 e. The molecule has 106 valence electrons. The molecule has 3 N–H and O–H groups in total. The number of ether oxygens (including phenoxy) is 1. The summed E-state index contributed by atoms with van der Waals surface area (Å²) < 4.78 is 42.7. The van der Waals surface area contributed by atoms with Crippen molar-refractivity contribution in [3.05, 3.63) is 42.2 Å². The number of anilines is 1. The number of sulfone groups is 1. The first kappa shape index (κ1) is 14.1. The van der Waals surface area contributed by atoms with E-state index in [1.54, 1.807) is 0 Å². The molecule has 0 fully saturated rings. The molecule has 7 heteroatoms. The number of phenolic OH excluding ortho intramolecular Hbond substituents is 1. The highest BCUT2D eigenvalue weighted by molar-refractivity contribution is 7.91. The summed E-state index contributed by atoms with van der Waals surface area (Å²) in [5.41, 5.74) is 5.39. The van der Waals surface area contributed by atoms with Gasteiger partial charge in [0.25, 0.3) is 0 Å². The second-order valence-corrected chi connectivity index (χ2v) is 5.97. The van der Waals surface area contributed by atoms with Crippen molar-refractivity contribution in [2.45, 2.75) is 9.79 Å². The molecule has 0 unspecified atom stereocenters. The Morgan fingerprint density at radius 3 is 2.50 bits per heavy atom. The third kappa shape index (κ3) is 2.39. The van der Waals surface area contributed by atoms with E-state index in [4.69, 9.17) is 10.5 Å². The first-order valence-electron chi connectivity index (χ1n) is 5.53. The van der Waals surface area contributed by atoms with E-state index in [0.717, 1.165) is 24.3 Å². The second kappa shape index (κ2) is 5.01. The number of hydrogen-bond donors (Lipinski definition) is 2. The lowest BCUT2D eigenvalue weighted by Crippen LogP contribution is -2.04. The normalized spacial score (nSPS) is 11.3. The van der Waals surface area contributed by atoms with Crippen molar-refractivity contribution in [3.63, 3.8) is 0 Å². The minimum Gasteiger partial charge on any atom is -0.503 e. The molecule has 0 saturated heterocycles. The number of methoxy groups -OCH3 is 1. The number of benzene rings is 2. The van der Waals surface area contributed by atoms with E-state index in [0.29, 0.717) is 0 Å². The van der Waals surface area contributed by atoms with Crippen LogP contribution in [0.15, 0.2) is 46.2 Å². The van der Waals surface area contributed by atoms with E-state index in [1.807, 2.05) is 0 Å². The molecule has 0 aromatic heterocycles. The predicted octanol–water partition coefficient (Wildman–Crippen LogP) is 1.95. The first-order valence-corrected chi connectivity index (χ1v) is 7.01. The quantitative estimate of drug-likeness (QED) is 0.667. The predicted molar refractivity (Wildman–Crippen MR) is 70.9 cm³/mol. The molecule has 0 heterocycles. The molecule has 0 atom stereocenters. The Labute approximate surface area is 115 Å². The number of hydrogen-bond acceptors (Lipinski definition) is 5. The standard InChI is InChI=1S/C13H12FNO4S/c1-19-12-7-10(6-11(15)13(12)16)20(17,18)9-4-2-3-8(14)5-9/h2-7,16H,15H2,1H3. The zero-order valence-electron chi connectivity index (χ0n) is 10.5. The van der Waals surface area contributed by atoms with Gasteiger partial charge in [-0.05, 0) is 24.3 Å². The van der Waals surface area contributed by atoms with Crippen molar-refractivity contribution in [2.24, 2.45) is 0 Å².